The molecule has 1 N–H and O–H groups in total. The highest BCUT2D eigenvalue weighted by atomic mass is 32.2. The molecule has 22 heavy (non-hydrogen) atoms. The Balaban J connectivity index is 3.42. The van der Waals surface area contributed by atoms with Crippen molar-refractivity contribution in [3.63, 3.8) is 0 Å². The van der Waals surface area contributed by atoms with Gasteiger partial charge in [-0.3, -0.25) is 9.52 Å². The number of rotatable bonds is 3. The molecule has 1 aromatic carbocycles. The number of hydrogen-bond donors (Lipinski definition) is 1. The van der Waals surface area contributed by atoms with Crippen molar-refractivity contribution in [3.05, 3.63) is 17.7 Å². The van der Waals surface area contributed by atoms with Crippen molar-refractivity contribution < 1.29 is 26.4 Å². The molecule has 0 aliphatic heterocycles. The van der Waals surface area contributed by atoms with E-state index in [4.69, 9.17) is 0 Å². The van der Waals surface area contributed by atoms with Crippen LogP contribution in [0.4, 0.5) is 18.9 Å². The number of sulfonamides is 1. The normalized spacial score (nSPS) is 13.1. The van der Waals surface area contributed by atoms with Crippen molar-refractivity contribution in [2.75, 3.05) is 4.72 Å². The molecule has 4 nitrogen and oxygen atoms in total. The molecule has 0 spiro atoms. The first-order valence-electron chi connectivity index (χ1n) is 6.00. The number of ketones is 1. The summed E-state index contributed by atoms with van der Waals surface area (Å²) in [5.41, 5.74) is -6.35. The summed E-state index contributed by atoms with van der Waals surface area (Å²) in [7, 11) is -1.11. The minimum absolute atomic E-state index is 0.0697. The maximum Gasteiger partial charge on any atom is 0.516 e. The van der Waals surface area contributed by atoms with Crippen molar-refractivity contribution in [2.24, 2.45) is 5.41 Å². The summed E-state index contributed by atoms with van der Waals surface area (Å²) in [4.78, 5) is 12.4. The smallest absolute Gasteiger partial charge is 0.294 e. The molecule has 0 saturated heterocycles. The lowest BCUT2D eigenvalue weighted by Crippen LogP contribution is -2.34. The molecule has 10 heteroatoms. The Morgan fingerprint density at radius 3 is 2.05 bits per heavy atom. The minimum atomic E-state index is -5.55. The Labute approximate surface area is 131 Å². The van der Waals surface area contributed by atoms with Crippen LogP contribution in [0.5, 0.6) is 0 Å². The van der Waals surface area contributed by atoms with E-state index in [1.807, 2.05) is 0 Å². The van der Waals surface area contributed by atoms with Crippen LogP contribution in [-0.4, -0.2) is 19.7 Å². The quantitative estimate of drug-likeness (QED) is 0.653. The zero-order valence-corrected chi connectivity index (χ0v) is 15.2. The predicted octanol–water partition coefficient (Wildman–Crippen LogP) is 2.18. The van der Waals surface area contributed by atoms with Crippen molar-refractivity contribution in [3.8, 4) is 0 Å². The van der Waals surface area contributed by atoms with E-state index in [2.05, 4.69) is 18.5 Å². The molecule has 0 saturated carbocycles. The summed E-state index contributed by atoms with van der Waals surface area (Å²) in [6, 6.07) is 2.54. The van der Waals surface area contributed by atoms with E-state index >= 15 is 0 Å². The Bertz CT molecular complexity index is 710. The second kappa shape index (κ2) is 6.06. The molecule has 0 fully saturated rings. The molecule has 1 rings (SSSR count). The number of carbonyl (C=O) groups excluding carboxylic acids is 1. The molecule has 0 bridgehead atoms. The van der Waals surface area contributed by atoms with Crippen LogP contribution in [0.1, 0.15) is 31.1 Å². The third-order valence-corrected chi connectivity index (χ3v) is 4.91. The maximum absolute atomic E-state index is 12.5. The van der Waals surface area contributed by atoms with E-state index in [9.17, 15) is 26.4 Å². The van der Waals surface area contributed by atoms with Crippen LogP contribution in [0.15, 0.2) is 12.1 Å². The van der Waals surface area contributed by atoms with Crippen LogP contribution >= 0.6 is 18.5 Å². The summed E-state index contributed by atoms with van der Waals surface area (Å²) in [5.74, 6) is -0.310. The summed E-state index contributed by atoms with van der Waals surface area (Å²) >= 11 is 0. The Morgan fingerprint density at radius 2 is 1.64 bits per heavy atom. The van der Waals surface area contributed by atoms with E-state index in [0.29, 0.717) is 5.30 Å². The molecule has 0 amide bonds. The first-order chi connectivity index (χ1) is 9.68. The van der Waals surface area contributed by atoms with Crippen LogP contribution < -0.4 is 15.3 Å². The fourth-order valence-corrected chi connectivity index (χ4v) is 3.26. The number of anilines is 1. The highest BCUT2D eigenvalue weighted by Crippen LogP contribution is 2.27. The predicted molar refractivity (Wildman–Crippen MR) is 87.5 cm³/mol. The van der Waals surface area contributed by atoms with Crippen LogP contribution in [-0.2, 0) is 10.0 Å². The van der Waals surface area contributed by atoms with Gasteiger partial charge in [-0.1, -0.05) is 26.8 Å². The standard InChI is InChI=1S/C12H16F3NO3P2S/c1-11(2,3)10(17)8-7(20)5-4-6(9(8)21)16-22(18,19)12(13,14)15/h4-5,16H,20-21H2,1-3H3. The van der Waals surface area contributed by atoms with Crippen molar-refractivity contribution in [1.82, 2.24) is 0 Å². The lowest BCUT2D eigenvalue weighted by Gasteiger charge is -2.21. The van der Waals surface area contributed by atoms with Gasteiger partial charge in [0, 0.05) is 16.3 Å². The summed E-state index contributed by atoms with van der Waals surface area (Å²) in [6.45, 7) is 4.99. The zero-order valence-electron chi connectivity index (χ0n) is 12.1. The van der Waals surface area contributed by atoms with Gasteiger partial charge in [-0.25, -0.2) is 0 Å². The monoisotopic (exact) mass is 373 g/mol. The Morgan fingerprint density at radius 1 is 1.14 bits per heavy atom. The fourth-order valence-electron chi connectivity index (χ4n) is 1.56. The van der Waals surface area contributed by atoms with Gasteiger partial charge in [0.1, 0.15) is 0 Å². The van der Waals surface area contributed by atoms with Gasteiger partial charge in [0.05, 0.1) is 5.69 Å². The van der Waals surface area contributed by atoms with Crippen LogP contribution in [0.3, 0.4) is 0 Å². The third kappa shape index (κ3) is 3.98. The average molecular weight is 373 g/mol. The van der Waals surface area contributed by atoms with Gasteiger partial charge < -0.3 is 0 Å². The summed E-state index contributed by atoms with van der Waals surface area (Å²) in [6.07, 6.45) is 0. The number of halogens is 3. The molecule has 0 aliphatic rings. The van der Waals surface area contributed by atoms with E-state index in [1.165, 1.54) is 16.9 Å². The number of carbonyl (C=O) groups is 1. The number of benzene rings is 1. The average Bonchev–Trinajstić information content (AvgIpc) is 2.30. The lowest BCUT2D eigenvalue weighted by atomic mass is 9.86. The number of hydrogen-bond acceptors (Lipinski definition) is 3. The van der Waals surface area contributed by atoms with Gasteiger partial charge in [-0.05, 0) is 11.4 Å². The van der Waals surface area contributed by atoms with Crippen LogP contribution in [0.2, 0.25) is 0 Å². The molecule has 0 aliphatic carbocycles. The molecular formula is C12H16F3NO3P2S. The molecule has 1 aromatic rings. The SMILES string of the molecule is CC(C)(C)C(=O)c1c(P)ccc(NS(=O)(=O)C(F)(F)F)c1P. The van der Waals surface area contributed by atoms with E-state index in [1.54, 1.807) is 20.8 Å². The minimum Gasteiger partial charge on any atom is -0.294 e. The molecule has 2 atom stereocenters. The molecule has 0 radical (unpaired) electrons. The first kappa shape index (κ1) is 19.3. The second-order valence-electron chi connectivity index (χ2n) is 5.62. The van der Waals surface area contributed by atoms with Crippen molar-refractivity contribution in [2.45, 2.75) is 26.3 Å². The van der Waals surface area contributed by atoms with Crippen molar-refractivity contribution >= 4 is 50.6 Å². The van der Waals surface area contributed by atoms with Gasteiger partial charge >= 0.3 is 15.5 Å². The topological polar surface area (TPSA) is 63.2 Å². The number of nitrogens with one attached hydrogen (secondary N) is 1. The fraction of sp³-hybridized carbons (Fsp3) is 0.417. The van der Waals surface area contributed by atoms with Crippen LogP contribution in [0, 0.1) is 5.41 Å². The number of Topliss-reactive ketones (excluding diaryl/α,β-unsaturated/α-hetero) is 1. The van der Waals surface area contributed by atoms with Crippen molar-refractivity contribution in [1.29, 1.82) is 0 Å². The third-order valence-electron chi connectivity index (χ3n) is 2.74. The molecule has 0 aromatic heterocycles. The second-order valence-corrected chi connectivity index (χ2v) is 8.49. The summed E-state index contributed by atoms with van der Waals surface area (Å²) in [5, 5.41) is 0.542. The highest BCUT2D eigenvalue weighted by molar-refractivity contribution is 7.93. The van der Waals surface area contributed by atoms with Gasteiger partial charge in [-0.2, -0.15) is 21.6 Å². The Kier molecular flexibility index (Phi) is 5.33. The van der Waals surface area contributed by atoms with Gasteiger partial charge in [0.2, 0.25) is 0 Å². The maximum atomic E-state index is 12.5. The van der Waals surface area contributed by atoms with Gasteiger partial charge in [0.15, 0.2) is 5.78 Å². The summed E-state index contributed by atoms with van der Waals surface area (Å²) < 4.78 is 61.2. The molecule has 2 unspecified atom stereocenters. The first-order valence-corrected chi connectivity index (χ1v) is 8.64. The van der Waals surface area contributed by atoms with Crippen LogP contribution in [0.25, 0.3) is 0 Å². The Hall–Kier alpha value is -0.710. The largest absolute Gasteiger partial charge is 0.516 e. The molecule has 124 valence electrons. The highest BCUT2D eigenvalue weighted by Gasteiger charge is 2.46. The zero-order chi connectivity index (χ0) is 17.5. The van der Waals surface area contributed by atoms with Gasteiger partial charge in [0.25, 0.3) is 0 Å². The van der Waals surface area contributed by atoms with E-state index in [-0.39, 0.29) is 22.3 Å². The van der Waals surface area contributed by atoms with Gasteiger partial charge in [-0.15, -0.1) is 18.5 Å². The number of alkyl halides is 3. The molecular weight excluding hydrogens is 357 g/mol. The lowest BCUT2D eigenvalue weighted by molar-refractivity contribution is -0.0429. The van der Waals surface area contributed by atoms with E-state index < -0.39 is 20.9 Å². The molecule has 0 heterocycles. The van der Waals surface area contributed by atoms with E-state index in [0.717, 1.165) is 0 Å².